The SMILES string of the molecule is CCN(CCC#N)C(=O)CSc1nnc(C2CC2)n1-c1ccccc1. The summed E-state index contributed by atoms with van der Waals surface area (Å²) in [6.45, 7) is 3.02. The Morgan fingerprint density at radius 2 is 2.12 bits per heavy atom. The molecule has 1 aliphatic rings. The molecule has 7 heteroatoms. The smallest absolute Gasteiger partial charge is 0.233 e. The van der Waals surface area contributed by atoms with Crippen LogP contribution in [0.5, 0.6) is 0 Å². The van der Waals surface area contributed by atoms with Gasteiger partial charge in [0.15, 0.2) is 5.16 Å². The van der Waals surface area contributed by atoms with E-state index in [0.717, 1.165) is 29.5 Å². The van der Waals surface area contributed by atoms with E-state index in [4.69, 9.17) is 5.26 Å². The summed E-state index contributed by atoms with van der Waals surface area (Å²) in [6.07, 6.45) is 2.65. The first-order chi connectivity index (χ1) is 12.2. The highest BCUT2D eigenvalue weighted by atomic mass is 32.2. The number of carbonyl (C=O) groups is 1. The van der Waals surface area contributed by atoms with Gasteiger partial charge >= 0.3 is 0 Å². The third-order valence-electron chi connectivity index (χ3n) is 4.17. The predicted octanol–water partition coefficient (Wildman–Crippen LogP) is 3.00. The second-order valence-corrected chi connectivity index (χ2v) is 6.90. The summed E-state index contributed by atoms with van der Waals surface area (Å²) in [7, 11) is 0. The molecule has 25 heavy (non-hydrogen) atoms. The first kappa shape index (κ1) is 17.5. The van der Waals surface area contributed by atoms with Gasteiger partial charge in [-0.1, -0.05) is 30.0 Å². The van der Waals surface area contributed by atoms with E-state index in [-0.39, 0.29) is 5.91 Å². The fraction of sp³-hybridized carbons (Fsp3) is 0.444. The molecule has 2 aromatic rings. The van der Waals surface area contributed by atoms with Gasteiger partial charge in [0.05, 0.1) is 18.2 Å². The Hall–Kier alpha value is -2.33. The van der Waals surface area contributed by atoms with E-state index >= 15 is 0 Å². The minimum absolute atomic E-state index is 0.0262. The zero-order chi connectivity index (χ0) is 17.6. The molecule has 1 amide bonds. The molecule has 0 N–H and O–H groups in total. The number of benzene rings is 1. The van der Waals surface area contributed by atoms with Gasteiger partial charge in [-0.25, -0.2) is 0 Å². The van der Waals surface area contributed by atoms with E-state index in [1.807, 2.05) is 37.3 Å². The van der Waals surface area contributed by atoms with Crippen LogP contribution in [0, 0.1) is 11.3 Å². The molecule has 1 aromatic carbocycles. The van der Waals surface area contributed by atoms with Crippen LogP contribution in [0.2, 0.25) is 0 Å². The van der Waals surface area contributed by atoms with Crippen LogP contribution in [0.25, 0.3) is 5.69 Å². The minimum atomic E-state index is 0.0262. The third kappa shape index (κ3) is 4.20. The number of hydrogen-bond donors (Lipinski definition) is 0. The maximum absolute atomic E-state index is 12.4. The molecule has 0 unspecified atom stereocenters. The Kier molecular flexibility index (Phi) is 5.71. The highest BCUT2D eigenvalue weighted by molar-refractivity contribution is 7.99. The topological polar surface area (TPSA) is 74.8 Å². The van der Waals surface area contributed by atoms with Crippen molar-refractivity contribution in [3.8, 4) is 11.8 Å². The number of para-hydroxylation sites is 1. The Morgan fingerprint density at radius 1 is 1.36 bits per heavy atom. The third-order valence-corrected chi connectivity index (χ3v) is 5.08. The summed E-state index contributed by atoms with van der Waals surface area (Å²) in [4.78, 5) is 14.1. The summed E-state index contributed by atoms with van der Waals surface area (Å²) < 4.78 is 2.07. The number of carbonyl (C=O) groups excluding carboxylic acids is 1. The molecule has 0 bridgehead atoms. The Balaban J connectivity index is 1.75. The first-order valence-electron chi connectivity index (χ1n) is 8.52. The fourth-order valence-corrected chi connectivity index (χ4v) is 3.52. The van der Waals surface area contributed by atoms with Crippen LogP contribution in [-0.2, 0) is 4.79 Å². The minimum Gasteiger partial charge on any atom is -0.341 e. The van der Waals surface area contributed by atoms with Gasteiger partial charge < -0.3 is 4.90 Å². The Bertz CT molecular complexity index is 764. The molecule has 3 rings (SSSR count). The van der Waals surface area contributed by atoms with Crippen molar-refractivity contribution in [1.29, 1.82) is 5.26 Å². The van der Waals surface area contributed by atoms with Crippen molar-refractivity contribution in [1.82, 2.24) is 19.7 Å². The molecule has 6 nitrogen and oxygen atoms in total. The number of rotatable bonds is 8. The molecule has 0 saturated heterocycles. The maximum atomic E-state index is 12.4. The van der Waals surface area contributed by atoms with E-state index in [9.17, 15) is 4.79 Å². The second kappa shape index (κ2) is 8.17. The summed E-state index contributed by atoms with van der Waals surface area (Å²) in [5.74, 6) is 1.78. The molecule has 0 aliphatic heterocycles. The van der Waals surface area contributed by atoms with Crippen molar-refractivity contribution in [2.45, 2.75) is 37.3 Å². The van der Waals surface area contributed by atoms with Gasteiger partial charge in [-0.3, -0.25) is 9.36 Å². The highest BCUT2D eigenvalue weighted by Gasteiger charge is 2.31. The van der Waals surface area contributed by atoms with Gasteiger partial charge in [0, 0.05) is 24.7 Å². The number of thioether (sulfide) groups is 1. The summed E-state index contributed by atoms with van der Waals surface area (Å²) in [5.41, 5.74) is 1.03. The summed E-state index contributed by atoms with van der Waals surface area (Å²) >= 11 is 1.41. The van der Waals surface area contributed by atoms with E-state index in [1.54, 1.807) is 4.90 Å². The average molecular weight is 355 g/mol. The molecule has 0 spiro atoms. The van der Waals surface area contributed by atoms with Gasteiger partial charge in [0.2, 0.25) is 5.91 Å². The molecule has 0 atom stereocenters. The lowest BCUT2D eigenvalue weighted by Crippen LogP contribution is -2.33. The van der Waals surface area contributed by atoms with Gasteiger partial charge in [-0.2, -0.15) is 5.26 Å². The Morgan fingerprint density at radius 3 is 2.76 bits per heavy atom. The normalized spacial score (nSPS) is 13.4. The van der Waals surface area contributed by atoms with Crippen LogP contribution < -0.4 is 0 Å². The standard InChI is InChI=1S/C18H21N5OS/c1-2-22(12-6-11-19)16(24)13-25-18-21-20-17(14-9-10-14)23(18)15-7-4-3-5-8-15/h3-5,7-8,14H,2,6,9-10,12-13H2,1H3. The van der Waals surface area contributed by atoms with Crippen molar-refractivity contribution in [2.75, 3.05) is 18.8 Å². The van der Waals surface area contributed by atoms with Crippen molar-refractivity contribution >= 4 is 17.7 Å². The lowest BCUT2D eigenvalue weighted by Gasteiger charge is -2.19. The molecule has 1 heterocycles. The van der Waals surface area contributed by atoms with Gasteiger partial charge in [0.25, 0.3) is 0 Å². The molecule has 130 valence electrons. The molecule has 1 fully saturated rings. The second-order valence-electron chi connectivity index (χ2n) is 5.96. The molecule has 1 saturated carbocycles. The average Bonchev–Trinajstić information content (AvgIpc) is 3.40. The van der Waals surface area contributed by atoms with E-state index in [0.29, 0.717) is 31.2 Å². The predicted molar refractivity (Wildman–Crippen MR) is 96.5 cm³/mol. The van der Waals surface area contributed by atoms with E-state index in [2.05, 4.69) is 20.8 Å². The van der Waals surface area contributed by atoms with Crippen molar-refractivity contribution < 1.29 is 4.79 Å². The highest BCUT2D eigenvalue weighted by Crippen LogP contribution is 2.41. The number of hydrogen-bond acceptors (Lipinski definition) is 5. The van der Waals surface area contributed by atoms with Crippen LogP contribution in [0.4, 0.5) is 0 Å². The Labute approximate surface area is 151 Å². The number of nitrogens with zero attached hydrogens (tertiary/aromatic N) is 5. The zero-order valence-electron chi connectivity index (χ0n) is 14.3. The van der Waals surface area contributed by atoms with Crippen LogP contribution in [0.1, 0.15) is 37.9 Å². The van der Waals surface area contributed by atoms with E-state index in [1.165, 1.54) is 11.8 Å². The lowest BCUT2D eigenvalue weighted by atomic mass is 10.3. The molecule has 1 aromatic heterocycles. The van der Waals surface area contributed by atoms with Crippen LogP contribution in [0.15, 0.2) is 35.5 Å². The molecule has 1 aliphatic carbocycles. The van der Waals surface area contributed by atoms with Crippen LogP contribution in [-0.4, -0.2) is 44.4 Å². The largest absolute Gasteiger partial charge is 0.341 e. The fourth-order valence-electron chi connectivity index (χ4n) is 2.66. The summed E-state index contributed by atoms with van der Waals surface area (Å²) in [6, 6.07) is 12.1. The zero-order valence-corrected chi connectivity index (χ0v) is 15.1. The van der Waals surface area contributed by atoms with Crippen LogP contribution in [0.3, 0.4) is 0 Å². The number of nitriles is 1. The molecule has 0 radical (unpaired) electrons. The number of aromatic nitrogens is 3. The monoisotopic (exact) mass is 355 g/mol. The maximum Gasteiger partial charge on any atom is 0.233 e. The number of amides is 1. The molecular weight excluding hydrogens is 334 g/mol. The lowest BCUT2D eigenvalue weighted by molar-refractivity contribution is -0.128. The van der Waals surface area contributed by atoms with Gasteiger partial charge in [0.1, 0.15) is 5.82 Å². The van der Waals surface area contributed by atoms with Crippen molar-refractivity contribution in [3.05, 3.63) is 36.2 Å². The van der Waals surface area contributed by atoms with Gasteiger partial charge in [-0.05, 0) is 31.9 Å². The molecular formula is C18H21N5OS. The quantitative estimate of drug-likeness (QED) is 0.681. The summed E-state index contributed by atoms with van der Waals surface area (Å²) in [5, 5.41) is 18.2. The van der Waals surface area contributed by atoms with Crippen molar-refractivity contribution in [2.24, 2.45) is 0 Å². The van der Waals surface area contributed by atoms with Gasteiger partial charge in [-0.15, -0.1) is 10.2 Å². The van der Waals surface area contributed by atoms with E-state index < -0.39 is 0 Å². The first-order valence-corrected chi connectivity index (χ1v) is 9.51. The van der Waals surface area contributed by atoms with Crippen LogP contribution >= 0.6 is 11.8 Å². The van der Waals surface area contributed by atoms with Crippen molar-refractivity contribution in [3.63, 3.8) is 0 Å².